The van der Waals surface area contributed by atoms with Crippen LogP contribution in [0.2, 0.25) is 0 Å². The van der Waals surface area contributed by atoms with Crippen LogP contribution in [0.5, 0.6) is 0 Å². The molecule has 7 unspecified atom stereocenters. The molecule has 0 aliphatic carbocycles. The molecule has 5 aliphatic rings. The Morgan fingerprint density at radius 3 is 1.03 bits per heavy atom. The number of nitrogens with one attached hydrogen (secondary N) is 1. The molecule has 0 radical (unpaired) electrons. The zero-order chi connectivity index (χ0) is 67.2. The smallest absolute Gasteiger partial charge is 0.312 e. The molecule has 0 saturated carbocycles. The van der Waals surface area contributed by atoms with E-state index in [1.165, 1.54) is 32.6 Å². The molecule has 1 N–H and O–H groups in total. The lowest BCUT2D eigenvalue weighted by Crippen LogP contribution is -2.37. The van der Waals surface area contributed by atoms with Crippen LogP contribution in [0.25, 0.3) is 0 Å². The van der Waals surface area contributed by atoms with Crippen molar-refractivity contribution >= 4 is 47.4 Å². The molecule has 512 valence electrons. The summed E-state index contributed by atoms with van der Waals surface area (Å²) in [7, 11) is 7.81. The molecule has 18 heteroatoms. The van der Waals surface area contributed by atoms with E-state index in [1.54, 1.807) is 0 Å². The van der Waals surface area contributed by atoms with E-state index < -0.39 is 0 Å². The lowest BCUT2D eigenvalue weighted by Gasteiger charge is -2.26. The van der Waals surface area contributed by atoms with Crippen molar-refractivity contribution in [2.75, 3.05) is 80.7 Å². The quantitative estimate of drug-likeness (QED) is 0.0614. The van der Waals surface area contributed by atoms with Crippen molar-refractivity contribution in [3.63, 3.8) is 0 Å². The largest absolute Gasteiger partial charge is 0.463 e. The third-order valence-corrected chi connectivity index (χ3v) is 17.1. The number of hydrogen-bond donors (Lipinski definition) is 1. The van der Waals surface area contributed by atoms with E-state index in [0.29, 0.717) is 66.5 Å². The van der Waals surface area contributed by atoms with E-state index in [0.717, 1.165) is 168 Å². The Morgan fingerprint density at radius 2 is 0.793 bits per heavy atom. The molecule has 5 saturated heterocycles. The molecule has 5 fully saturated rings. The van der Waals surface area contributed by atoms with Gasteiger partial charge in [-0.1, -0.05) is 75.2 Å². The van der Waals surface area contributed by atoms with Gasteiger partial charge in [0, 0.05) is 114 Å². The van der Waals surface area contributed by atoms with Gasteiger partial charge in [0.2, 0.25) is 35.4 Å². The highest BCUT2D eigenvalue weighted by Crippen LogP contribution is 2.22. The highest BCUT2D eigenvalue weighted by Gasteiger charge is 2.28. The number of ether oxygens (including phenoxy) is 2. The molecule has 0 aromatic heterocycles. The first kappa shape index (κ1) is 86.9. The number of amides is 6. The topological polar surface area (TPSA) is 190 Å². The fourth-order valence-corrected chi connectivity index (χ4v) is 9.31. The highest BCUT2D eigenvalue weighted by molar-refractivity contribution is 5.80. The van der Waals surface area contributed by atoms with Crippen LogP contribution < -0.4 is 5.32 Å². The van der Waals surface area contributed by atoms with Crippen molar-refractivity contribution in [3.05, 3.63) is 0 Å². The molecule has 87 heavy (non-hydrogen) atoms. The number of esters is 2. The minimum atomic E-state index is -0.351. The first-order valence-corrected chi connectivity index (χ1v) is 34.3. The minimum absolute atomic E-state index is 0.0764. The normalized spacial score (nSPS) is 18.4. The van der Waals surface area contributed by atoms with Gasteiger partial charge in [-0.05, 0) is 193 Å². The van der Waals surface area contributed by atoms with Crippen molar-refractivity contribution in [1.29, 1.82) is 0 Å². The van der Waals surface area contributed by atoms with Gasteiger partial charge in [0.15, 0.2) is 0 Å². The SMILES string of the molecule is CCC(C)(C)C(=O)OCN(C)C.CCC(C)C(=O)NCCCN(C)C.CCC(C)N1CCCC1=O.CCC(C)N1CCCC1=O.CCC(C)N1CCCC1=O.CCC(C)N1CCCCCC1=O.CCC(C)N1CCCCCC1=O.CCC(C)OC(C)=O. The third-order valence-electron chi connectivity index (χ3n) is 17.1. The summed E-state index contributed by atoms with van der Waals surface area (Å²) in [4.78, 5) is 103. The summed E-state index contributed by atoms with van der Waals surface area (Å²) in [6.45, 7) is 43.4. The minimum Gasteiger partial charge on any atom is -0.463 e. The Kier molecular flexibility index (Phi) is 51.4. The number of nitrogens with zero attached hydrogens (tertiary/aromatic N) is 7. The first-order chi connectivity index (χ1) is 40.9. The van der Waals surface area contributed by atoms with Crippen molar-refractivity contribution in [3.8, 4) is 0 Å². The van der Waals surface area contributed by atoms with Crippen LogP contribution in [-0.2, 0) is 47.8 Å². The standard InChI is InChI=1S/C10H22N2O.2C10H19NO.C9H19NO2.3C8H15NO.C6H12O2/c1-5-9(2)10(13)11-7-6-8-12(3)4;2*1-3-9(2)11-8-6-4-5-7-10(11)12;1-6-9(2,3)8(11)12-7-10(4)5;3*1-3-7(2)9-6-4-5-8(9)10;1-4-5(2)8-6(3)7/h9H,5-8H2,1-4H3,(H,11,13);2*9H,3-8H2,1-2H3;6-7H2,1-5H3;3*7H,3-6H2,1-2H3;5H,4H2,1-3H3. The molecule has 0 bridgehead atoms. The first-order valence-electron chi connectivity index (χ1n) is 34.3. The van der Waals surface area contributed by atoms with Gasteiger partial charge < -0.3 is 44.2 Å². The van der Waals surface area contributed by atoms with Gasteiger partial charge in [-0.15, -0.1) is 0 Å². The average Bonchev–Trinajstić information content (AvgIpc) is 4.30. The van der Waals surface area contributed by atoms with E-state index in [4.69, 9.17) is 9.47 Å². The van der Waals surface area contributed by atoms with Crippen LogP contribution in [0.15, 0.2) is 0 Å². The molecular formula is C69H136N8O10. The summed E-state index contributed by atoms with van der Waals surface area (Å²) in [6.07, 6.45) is 23.1. The summed E-state index contributed by atoms with van der Waals surface area (Å²) in [5.74, 6) is 1.76. The van der Waals surface area contributed by atoms with Gasteiger partial charge in [0.05, 0.1) is 11.5 Å². The van der Waals surface area contributed by atoms with E-state index >= 15 is 0 Å². The molecule has 0 spiro atoms. The Morgan fingerprint density at radius 1 is 0.471 bits per heavy atom. The van der Waals surface area contributed by atoms with Crippen LogP contribution in [-0.4, -0.2) is 199 Å². The highest BCUT2D eigenvalue weighted by atomic mass is 16.5. The van der Waals surface area contributed by atoms with Crippen LogP contribution >= 0.6 is 0 Å². The van der Waals surface area contributed by atoms with E-state index in [9.17, 15) is 38.4 Å². The number of likely N-dealkylation sites (tertiary alicyclic amines) is 5. The maximum atomic E-state index is 11.5. The van der Waals surface area contributed by atoms with Crippen molar-refractivity contribution < 1.29 is 47.8 Å². The zero-order valence-corrected chi connectivity index (χ0v) is 60.2. The number of hydrogen-bond acceptors (Lipinski definition) is 12. The van der Waals surface area contributed by atoms with E-state index in [-0.39, 0.29) is 35.3 Å². The molecule has 7 atom stereocenters. The Labute approximate surface area is 533 Å². The van der Waals surface area contributed by atoms with Crippen LogP contribution in [0.3, 0.4) is 0 Å². The molecule has 18 nitrogen and oxygen atoms in total. The fourth-order valence-electron chi connectivity index (χ4n) is 9.31. The summed E-state index contributed by atoms with van der Waals surface area (Å²) >= 11 is 0. The molecule has 0 aromatic carbocycles. The average molecular weight is 1240 g/mol. The van der Waals surface area contributed by atoms with E-state index in [2.05, 4.69) is 79.5 Å². The van der Waals surface area contributed by atoms with Gasteiger partial charge in [-0.25, -0.2) is 0 Å². The molecule has 5 aliphatic heterocycles. The summed E-state index contributed by atoms with van der Waals surface area (Å²) in [6, 6.07) is 2.24. The Balaban J connectivity index is -0.000000930. The van der Waals surface area contributed by atoms with Gasteiger partial charge in [0.1, 0.15) is 6.73 Å². The Bertz CT molecular complexity index is 1760. The number of carbonyl (C=O) groups is 8. The van der Waals surface area contributed by atoms with Crippen molar-refractivity contribution in [2.45, 2.75) is 309 Å². The number of carbonyl (C=O) groups excluding carboxylic acids is 8. The lowest BCUT2D eigenvalue weighted by molar-refractivity contribution is -0.158. The van der Waals surface area contributed by atoms with Gasteiger partial charge in [-0.2, -0.15) is 0 Å². The second-order valence-electron chi connectivity index (χ2n) is 25.6. The molecular weight excluding hydrogens is 1100 g/mol. The van der Waals surface area contributed by atoms with Crippen LogP contribution in [0.1, 0.15) is 272 Å². The maximum Gasteiger partial charge on any atom is 0.312 e. The van der Waals surface area contributed by atoms with Crippen molar-refractivity contribution in [1.82, 2.24) is 39.6 Å². The predicted octanol–water partition coefficient (Wildman–Crippen LogP) is 12.5. The molecule has 5 rings (SSSR count). The second kappa shape index (κ2) is 51.4. The maximum absolute atomic E-state index is 11.5. The van der Waals surface area contributed by atoms with Gasteiger partial charge in [-0.3, -0.25) is 43.3 Å². The molecule has 0 aromatic rings. The van der Waals surface area contributed by atoms with E-state index in [1.807, 2.05) is 106 Å². The molecule has 5 heterocycles. The summed E-state index contributed by atoms with van der Waals surface area (Å²) < 4.78 is 9.81. The third kappa shape index (κ3) is 40.8. The zero-order valence-electron chi connectivity index (χ0n) is 60.2. The van der Waals surface area contributed by atoms with Gasteiger partial charge >= 0.3 is 11.9 Å². The Hall–Kier alpha value is -4.32. The predicted molar refractivity (Wildman–Crippen MR) is 358 cm³/mol. The fraction of sp³-hybridized carbons (Fsp3) is 0.884. The second-order valence-corrected chi connectivity index (χ2v) is 25.6. The van der Waals surface area contributed by atoms with Crippen LogP contribution in [0, 0.1) is 11.3 Å². The number of rotatable bonds is 22. The molecule has 6 amide bonds. The monoisotopic (exact) mass is 1240 g/mol. The van der Waals surface area contributed by atoms with Gasteiger partial charge in [0.25, 0.3) is 0 Å². The summed E-state index contributed by atoms with van der Waals surface area (Å²) in [5.41, 5.74) is -0.351. The van der Waals surface area contributed by atoms with Crippen molar-refractivity contribution in [2.24, 2.45) is 11.3 Å². The summed E-state index contributed by atoms with van der Waals surface area (Å²) in [5, 5.41) is 2.92. The van der Waals surface area contributed by atoms with Crippen LogP contribution in [0.4, 0.5) is 0 Å². The lowest BCUT2D eigenvalue weighted by atomic mass is 9.91.